The summed E-state index contributed by atoms with van der Waals surface area (Å²) in [5, 5.41) is 3.74. The second-order valence-electron chi connectivity index (χ2n) is 4.39. The summed E-state index contributed by atoms with van der Waals surface area (Å²) in [5.41, 5.74) is 0.850. The number of hydrogen-bond acceptors (Lipinski definition) is 1. The molecule has 0 saturated heterocycles. The van der Waals surface area contributed by atoms with Gasteiger partial charge in [0.2, 0.25) is 0 Å². The number of rotatable bonds is 2. The molecule has 0 bridgehead atoms. The molecule has 3 aliphatic carbocycles. The van der Waals surface area contributed by atoms with Crippen molar-refractivity contribution in [3.8, 4) is 0 Å². The molecule has 1 heteroatoms. The van der Waals surface area contributed by atoms with Crippen LogP contribution in [-0.2, 0) is 0 Å². The average Bonchev–Trinajstić information content (AvgIpc) is 2.75. The third kappa shape index (κ3) is 0.672. The fraction of sp³-hybridized carbons (Fsp3) is 1.00. The summed E-state index contributed by atoms with van der Waals surface area (Å²) >= 11 is 0. The molecule has 0 aromatic rings. The van der Waals surface area contributed by atoms with E-state index in [1.165, 1.54) is 38.5 Å². The Balaban J connectivity index is 1.61. The van der Waals surface area contributed by atoms with Crippen LogP contribution in [0.5, 0.6) is 0 Å². The zero-order chi connectivity index (χ0) is 6.60. The van der Waals surface area contributed by atoms with Gasteiger partial charge in [0.15, 0.2) is 0 Å². The van der Waals surface area contributed by atoms with E-state index in [9.17, 15) is 0 Å². The summed E-state index contributed by atoms with van der Waals surface area (Å²) in [6, 6.07) is 1.88. The summed E-state index contributed by atoms with van der Waals surface area (Å²) < 4.78 is 0. The van der Waals surface area contributed by atoms with Gasteiger partial charge < -0.3 is 5.32 Å². The maximum absolute atomic E-state index is 3.74. The highest BCUT2D eigenvalue weighted by molar-refractivity contribution is 5.11. The highest BCUT2D eigenvalue weighted by Gasteiger charge is 2.56. The first kappa shape index (κ1) is 5.59. The molecule has 0 aromatic carbocycles. The first-order valence-electron chi connectivity index (χ1n) is 4.65. The van der Waals surface area contributed by atoms with Crippen molar-refractivity contribution in [2.24, 2.45) is 5.41 Å². The minimum Gasteiger partial charge on any atom is -0.311 e. The Morgan fingerprint density at radius 3 is 2.20 bits per heavy atom. The molecule has 56 valence electrons. The minimum absolute atomic E-state index is 0.850. The molecule has 3 fully saturated rings. The van der Waals surface area contributed by atoms with Crippen molar-refractivity contribution in [3.05, 3.63) is 0 Å². The lowest BCUT2D eigenvalue weighted by Gasteiger charge is -2.38. The fourth-order valence-electron chi connectivity index (χ4n) is 2.25. The van der Waals surface area contributed by atoms with Crippen molar-refractivity contribution in [1.29, 1.82) is 0 Å². The van der Waals surface area contributed by atoms with E-state index in [0.29, 0.717) is 0 Å². The molecule has 3 aliphatic rings. The Morgan fingerprint density at radius 2 is 1.80 bits per heavy atom. The summed E-state index contributed by atoms with van der Waals surface area (Å²) in [4.78, 5) is 0. The van der Waals surface area contributed by atoms with Crippen molar-refractivity contribution < 1.29 is 0 Å². The van der Waals surface area contributed by atoms with Crippen LogP contribution < -0.4 is 5.32 Å². The summed E-state index contributed by atoms with van der Waals surface area (Å²) in [7, 11) is 0. The Bertz CT molecular complexity index is 156. The average molecular weight is 137 g/mol. The van der Waals surface area contributed by atoms with Gasteiger partial charge in [-0.2, -0.15) is 0 Å². The van der Waals surface area contributed by atoms with Gasteiger partial charge in [-0.25, -0.2) is 0 Å². The highest BCUT2D eigenvalue weighted by atomic mass is 15.0. The lowest BCUT2D eigenvalue weighted by molar-refractivity contribution is 0.182. The number of nitrogens with one attached hydrogen (secondary N) is 1. The highest BCUT2D eigenvalue weighted by Crippen LogP contribution is 2.61. The maximum atomic E-state index is 3.74. The van der Waals surface area contributed by atoms with E-state index in [4.69, 9.17) is 0 Å². The van der Waals surface area contributed by atoms with Gasteiger partial charge in [-0.15, -0.1) is 0 Å². The summed E-state index contributed by atoms with van der Waals surface area (Å²) in [6.07, 6.45) is 8.95. The Kier molecular flexibility index (Phi) is 0.883. The Hall–Kier alpha value is -0.0400. The van der Waals surface area contributed by atoms with Gasteiger partial charge in [0.25, 0.3) is 0 Å². The van der Waals surface area contributed by atoms with Crippen LogP contribution in [0, 0.1) is 5.41 Å². The van der Waals surface area contributed by atoms with Crippen LogP contribution in [0.4, 0.5) is 0 Å². The topological polar surface area (TPSA) is 12.0 Å². The van der Waals surface area contributed by atoms with Crippen LogP contribution >= 0.6 is 0 Å². The molecule has 1 spiro atoms. The lowest BCUT2D eigenvalue weighted by Crippen LogP contribution is -2.46. The quantitative estimate of drug-likeness (QED) is 0.610. The van der Waals surface area contributed by atoms with E-state index < -0.39 is 0 Å². The largest absolute Gasteiger partial charge is 0.311 e. The molecule has 1 atom stereocenters. The van der Waals surface area contributed by atoms with Crippen molar-refractivity contribution >= 4 is 0 Å². The summed E-state index contributed by atoms with van der Waals surface area (Å²) in [6.45, 7) is 0. The van der Waals surface area contributed by atoms with Crippen molar-refractivity contribution in [2.75, 3.05) is 0 Å². The smallest absolute Gasteiger partial charge is 0.0126 e. The fourth-order valence-corrected chi connectivity index (χ4v) is 2.25. The maximum Gasteiger partial charge on any atom is 0.0126 e. The van der Waals surface area contributed by atoms with E-state index in [-0.39, 0.29) is 0 Å². The predicted octanol–water partition coefficient (Wildman–Crippen LogP) is 1.68. The first-order valence-corrected chi connectivity index (χ1v) is 4.65. The molecular formula is C9H15N. The van der Waals surface area contributed by atoms with E-state index in [1.807, 2.05) is 0 Å². The summed E-state index contributed by atoms with van der Waals surface area (Å²) in [5.74, 6) is 0. The molecule has 1 unspecified atom stereocenters. The lowest BCUT2D eigenvalue weighted by atomic mass is 9.76. The van der Waals surface area contributed by atoms with Crippen LogP contribution in [-0.4, -0.2) is 12.1 Å². The third-order valence-electron chi connectivity index (χ3n) is 3.58. The van der Waals surface area contributed by atoms with E-state index in [0.717, 1.165) is 17.5 Å². The van der Waals surface area contributed by atoms with Gasteiger partial charge >= 0.3 is 0 Å². The monoisotopic (exact) mass is 137 g/mol. The molecular weight excluding hydrogens is 122 g/mol. The molecule has 0 amide bonds. The zero-order valence-electron chi connectivity index (χ0n) is 6.40. The van der Waals surface area contributed by atoms with Gasteiger partial charge in [0, 0.05) is 12.1 Å². The normalized spacial score (nSPS) is 41.4. The van der Waals surface area contributed by atoms with E-state index >= 15 is 0 Å². The van der Waals surface area contributed by atoms with E-state index in [2.05, 4.69) is 5.32 Å². The third-order valence-corrected chi connectivity index (χ3v) is 3.58. The number of hydrogen-bond donors (Lipinski definition) is 1. The van der Waals surface area contributed by atoms with E-state index in [1.54, 1.807) is 0 Å². The molecule has 0 heterocycles. The zero-order valence-corrected chi connectivity index (χ0v) is 6.40. The van der Waals surface area contributed by atoms with Crippen LogP contribution in [0.3, 0.4) is 0 Å². The van der Waals surface area contributed by atoms with Gasteiger partial charge in [0.1, 0.15) is 0 Å². The minimum atomic E-state index is 0.850. The Labute approximate surface area is 62.2 Å². The SMILES string of the molecule is C1CC1NC1CCC12CC2. The molecule has 10 heavy (non-hydrogen) atoms. The van der Waals surface area contributed by atoms with Crippen molar-refractivity contribution in [3.63, 3.8) is 0 Å². The van der Waals surface area contributed by atoms with Crippen molar-refractivity contribution in [2.45, 2.75) is 50.6 Å². The molecule has 0 aliphatic heterocycles. The molecule has 1 nitrogen and oxygen atoms in total. The van der Waals surface area contributed by atoms with Gasteiger partial charge in [-0.1, -0.05) is 0 Å². The standard InChI is InChI=1S/C9H15N/c1-2-7(1)10-8-3-4-9(8)5-6-9/h7-8,10H,1-6H2. The first-order chi connectivity index (χ1) is 4.89. The van der Waals surface area contributed by atoms with Gasteiger partial charge in [-0.3, -0.25) is 0 Å². The van der Waals surface area contributed by atoms with Crippen molar-refractivity contribution in [1.82, 2.24) is 5.32 Å². The van der Waals surface area contributed by atoms with Gasteiger partial charge in [-0.05, 0) is 43.9 Å². The van der Waals surface area contributed by atoms with Crippen LogP contribution in [0.15, 0.2) is 0 Å². The Morgan fingerprint density at radius 1 is 1.00 bits per heavy atom. The molecule has 1 N–H and O–H groups in total. The van der Waals surface area contributed by atoms with Crippen LogP contribution in [0.1, 0.15) is 38.5 Å². The second-order valence-corrected chi connectivity index (χ2v) is 4.39. The second kappa shape index (κ2) is 1.58. The molecule has 3 rings (SSSR count). The van der Waals surface area contributed by atoms with Crippen LogP contribution in [0.25, 0.3) is 0 Å². The molecule has 3 saturated carbocycles. The van der Waals surface area contributed by atoms with Crippen LogP contribution in [0.2, 0.25) is 0 Å². The molecule has 0 aromatic heterocycles. The predicted molar refractivity (Wildman–Crippen MR) is 40.8 cm³/mol. The molecule has 0 radical (unpaired) electrons. The van der Waals surface area contributed by atoms with Gasteiger partial charge in [0.05, 0.1) is 0 Å².